The lowest BCUT2D eigenvalue weighted by molar-refractivity contribution is 0.0953. The van der Waals surface area contributed by atoms with E-state index in [4.69, 9.17) is 0 Å². The zero-order valence-corrected chi connectivity index (χ0v) is 9.50. The van der Waals surface area contributed by atoms with Crippen LogP contribution in [0.25, 0.3) is 0 Å². The highest BCUT2D eigenvalue weighted by Crippen LogP contribution is 2.04. The third-order valence-electron chi connectivity index (χ3n) is 2.32. The van der Waals surface area contributed by atoms with Gasteiger partial charge in [0, 0.05) is 25.8 Å². The standard InChI is InChI=1S/C10H18N4O/c1-4-11-5-6-12-10(15)9-7-13-14(3)8(9)2/h7,11H,4-6H2,1-3H3,(H,12,15). The van der Waals surface area contributed by atoms with Crippen molar-refractivity contribution in [3.63, 3.8) is 0 Å². The monoisotopic (exact) mass is 210 g/mol. The summed E-state index contributed by atoms with van der Waals surface area (Å²) in [6, 6.07) is 0. The summed E-state index contributed by atoms with van der Waals surface area (Å²) in [5, 5.41) is 9.99. The number of hydrogen-bond acceptors (Lipinski definition) is 3. The molecule has 5 heteroatoms. The summed E-state index contributed by atoms with van der Waals surface area (Å²) in [6.45, 7) is 6.27. The van der Waals surface area contributed by atoms with Crippen LogP contribution in [0.3, 0.4) is 0 Å². The molecule has 0 aliphatic heterocycles. The first-order chi connectivity index (χ1) is 7.16. The molecule has 2 N–H and O–H groups in total. The van der Waals surface area contributed by atoms with Crippen LogP contribution in [0.15, 0.2) is 6.20 Å². The molecular formula is C10H18N4O. The van der Waals surface area contributed by atoms with Crippen molar-refractivity contribution in [3.8, 4) is 0 Å². The molecule has 1 aromatic rings. The number of rotatable bonds is 5. The van der Waals surface area contributed by atoms with Crippen molar-refractivity contribution in [2.45, 2.75) is 13.8 Å². The van der Waals surface area contributed by atoms with Gasteiger partial charge in [0.05, 0.1) is 11.8 Å². The van der Waals surface area contributed by atoms with Crippen LogP contribution in [0.2, 0.25) is 0 Å². The average Bonchev–Trinajstić information content (AvgIpc) is 2.55. The van der Waals surface area contributed by atoms with Crippen LogP contribution in [0.4, 0.5) is 0 Å². The molecule has 1 heterocycles. The average molecular weight is 210 g/mol. The summed E-state index contributed by atoms with van der Waals surface area (Å²) in [6.07, 6.45) is 1.60. The second-order valence-corrected chi connectivity index (χ2v) is 3.38. The van der Waals surface area contributed by atoms with E-state index in [1.165, 1.54) is 0 Å². The Morgan fingerprint density at radius 1 is 1.53 bits per heavy atom. The topological polar surface area (TPSA) is 58.9 Å². The smallest absolute Gasteiger partial charge is 0.254 e. The molecule has 84 valence electrons. The summed E-state index contributed by atoms with van der Waals surface area (Å²) in [5.74, 6) is -0.0569. The fourth-order valence-electron chi connectivity index (χ4n) is 1.26. The van der Waals surface area contributed by atoms with Gasteiger partial charge in [-0.1, -0.05) is 6.92 Å². The van der Waals surface area contributed by atoms with E-state index in [1.54, 1.807) is 10.9 Å². The Kier molecular flexibility index (Phi) is 4.30. The number of carbonyl (C=O) groups is 1. The first-order valence-electron chi connectivity index (χ1n) is 5.14. The molecule has 0 unspecified atom stereocenters. The molecule has 0 radical (unpaired) electrons. The fraction of sp³-hybridized carbons (Fsp3) is 0.600. The normalized spacial score (nSPS) is 10.3. The van der Waals surface area contributed by atoms with Crippen LogP contribution in [0.1, 0.15) is 23.0 Å². The van der Waals surface area contributed by atoms with Crippen LogP contribution < -0.4 is 10.6 Å². The van der Waals surface area contributed by atoms with Crippen LogP contribution in [-0.4, -0.2) is 35.3 Å². The first kappa shape index (κ1) is 11.7. The largest absolute Gasteiger partial charge is 0.351 e. The van der Waals surface area contributed by atoms with Crippen molar-refractivity contribution in [1.82, 2.24) is 20.4 Å². The number of hydrogen-bond donors (Lipinski definition) is 2. The second kappa shape index (κ2) is 5.50. The maximum Gasteiger partial charge on any atom is 0.254 e. The lowest BCUT2D eigenvalue weighted by Crippen LogP contribution is -2.31. The lowest BCUT2D eigenvalue weighted by atomic mass is 10.2. The number of aryl methyl sites for hydroxylation is 1. The van der Waals surface area contributed by atoms with Gasteiger partial charge in [0.2, 0.25) is 0 Å². The van der Waals surface area contributed by atoms with E-state index in [0.29, 0.717) is 12.1 Å². The number of amides is 1. The van der Waals surface area contributed by atoms with Crippen molar-refractivity contribution in [3.05, 3.63) is 17.5 Å². The summed E-state index contributed by atoms with van der Waals surface area (Å²) in [5.41, 5.74) is 1.53. The van der Waals surface area contributed by atoms with Gasteiger partial charge in [0.25, 0.3) is 5.91 Å². The van der Waals surface area contributed by atoms with Gasteiger partial charge in [-0.15, -0.1) is 0 Å². The minimum absolute atomic E-state index is 0.0569. The molecule has 0 fully saturated rings. The van der Waals surface area contributed by atoms with Crippen molar-refractivity contribution >= 4 is 5.91 Å². The van der Waals surface area contributed by atoms with E-state index in [0.717, 1.165) is 18.8 Å². The lowest BCUT2D eigenvalue weighted by Gasteiger charge is -2.04. The molecule has 0 bridgehead atoms. The summed E-state index contributed by atoms with van der Waals surface area (Å²) < 4.78 is 1.69. The van der Waals surface area contributed by atoms with Gasteiger partial charge in [-0.2, -0.15) is 5.10 Å². The van der Waals surface area contributed by atoms with Crippen LogP contribution in [0.5, 0.6) is 0 Å². The van der Waals surface area contributed by atoms with E-state index in [9.17, 15) is 4.79 Å². The third-order valence-corrected chi connectivity index (χ3v) is 2.32. The minimum Gasteiger partial charge on any atom is -0.351 e. The molecule has 0 atom stereocenters. The maximum atomic E-state index is 11.6. The van der Waals surface area contributed by atoms with Crippen molar-refractivity contribution < 1.29 is 4.79 Å². The number of carbonyl (C=O) groups excluding carboxylic acids is 1. The quantitative estimate of drug-likeness (QED) is 0.676. The highest BCUT2D eigenvalue weighted by molar-refractivity contribution is 5.94. The summed E-state index contributed by atoms with van der Waals surface area (Å²) in [4.78, 5) is 11.6. The molecule has 5 nitrogen and oxygen atoms in total. The zero-order valence-electron chi connectivity index (χ0n) is 9.50. The predicted molar refractivity (Wildman–Crippen MR) is 58.8 cm³/mol. The molecule has 0 aromatic carbocycles. The van der Waals surface area contributed by atoms with E-state index >= 15 is 0 Å². The number of nitrogens with one attached hydrogen (secondary N) is 2. The number of aromatic nitrogens is 2. The Morgan fingerprint density at radius 3 is 2.80 bits per heavy atom. The zero-order chi connectivity index (χ0) is 11.3. The number of nitrogens with zero attached hydrogens (tertiary/aromatic N) is 2. The van der Waals surface area contributed by atoms with E-state index in [2.05, 4.69) is 15.7 Å². The molecule has 0 spiro atoms. The molecule has 1 rings (SSSR count). The molecule has 0 aliphatic rings. The molecule has 1 aromatic heterocycles. The van der Waals surface area contributed by atoms with Gasteiger partial charge < -0.3 is 10.6 Å². The van der Waals surface area contributed by atoms with Gasteiger partial charge in [0.1, 0.15) is 0 Å². The molecular weight excluding hydrogens is 192 g/mol. The van der Waals surface area contributed by atoms with Crippen molar-refractivity contribution in [2.75, 3.05) is 19.6 Å². The van der Waals surface area contributed by atoms with Crippen molar-refractivity contribution in [1.29, 1.82) is 0 Å². The molecule has 0 aliphatic carbocycles. The highest BCUT2D eigenvalue weighted by Gasteiger charge is 2.11. The van der Waals surface area contributed by atoms with Gasteiger partial charge in [-0.05, 0) is 13.5 Å². The first-order valence-corrected chi connectivity index (χ1v) is 5.14. The Balaban J connectivity index is 2.44. The fourth-order valence-corrected chi connectivity index (χ4v) is 1.26. The van der Waals surface area contributed by atoms with Crippen LogP contribution in [0, 0.1) is 6.92 Å². The summed E-state index contributed by atoms with van der Waals surface area (Å²) >= 11 is 0. The third kappa shape index (κ3) is 3.06. The highest BCUT2D eigenvalue weighted by atomic mass is 16.1. The maximum absolute atomic E-state index is 11.6. The molecule has 0 saturated carbocycles. The Labute approximate surface area is 89.9 Å². The van der Waals surface area contributed by atoms with Gasteiger partial charge in [-0.25, -0.2) is 0 Å². The van der Waals surface area contributed by atoms with Crippen LogP contribution >= 0.6 is 0 Å². The Morgan fingerprint density at radius 2 is 2.27 bits per heavy atom. The molecule has 0 saturated heterocycles. The van der Waals surface area contributed by atoms with E-state index in [1.807, 2.05) is 20.9 Å². The predicted octanol–water partition coefficient (Wildman–Crippen LogP) is 0.0678. The van der Waals surface area contributed by atoms with Crippen molar-refractivity contribution in [2.24, 2.45) is 7.05 Å². The van der Waals surface area contributed by atoms with E-state index in [-0.39, 0.29) is 5.91 Å². The minimum atomic E-state index is -0.0569. The number of likely N-dealkylation sites (N-methyl/N-ethyl adjacent to an activating group) is 1. The van der Waals surface area contributed by atoms with E-state index < -0.39 is 0 Å². The van der Waals surface area contributed by atoms with Gasteiger partial charge in [-0.3, -0.25) is 9.48 Å². The SMILES string of the molecule is CCNCCNC(=O)c1cnn(C)c1C. The second-order valence-electron chi connectivity index (χ2n) is 3.38. The van der Waals surface area contributed by atoms with Gasteiger partial charge >= 0.3 is 0 Å². The Bertz CT molecular complexity index is 332. The summed E-state index contributed by atoms with van der Waals surface area (Å²) in [7, 11) is 1.82. The Hall–Kier alpha value is -1.36. The molecule has 1 amide bonds. The molecule has 15 heavy (non-hydrogen) atoms. The van der Waals surface area contributed by atoms with Gasteiger partial charge in [0.15, 0.2) is 0 Å². The van der Waals surface area contributed by atoms with Crippen LogP contribution in [-0.2, 0) is 7.05 Å².